The summed E-state index contributed by atoms with van der Waals surface area (Å²) in [5.74, 6) is 0.154. The zero-order chi connectivity index (χ0) is 13.8. The van der Waals surface area contributed by atoms with Gasteiger partial charge in [-0.05, 0) is 23.8 Å². The van der Waals surface area contributed by atoms with Crippen LogP contribution in [-0.2, 0) is 4.79 Å². The van der Waals surface area contributed by atoms with E-state index < -0.39 is 5.97 Å². The van der Waals surface area contributed by atoms with Crippen LogP contribution in [0.2, 0.25) is 5.02 Å². The van der Waals surface area contributed by atoms with Gasteiger partial charge in [0, 0.05) is 40.9 Å². The molecule has 1 aromatic carbocycles. The molecule has 3 nitrogen and oxygen atoms in total. The van der Waals surface area contributed by atoms with Gasteiger partial charge in [0.25, 0.3) is 0 Å². The van der Waals surface area contributed by atoms with Crippen LogP contribution in [0.3, 0.4) is 0 Å². The summed E-state index contributed by atoms with van der Waals surface area (Å²) in [7, 11) is 0. The van der Waals surface area contributed by atoms with Crippen molar-refractivity contribution in [2.45, 2.75) is 12.2 Å². The Morgan fingerprint density at radius 3 is 3.00 bits per heavy atom. The van der Waals surface area contributed by atoms with Gasteiger partial charge in [-0.15, -0.1) is 0 Å². The van der Waals surface area contributed by atoms with E-state index in [2.05, 4.69) is 11.8 Å². The average Bonchev–Trinajstić information content (AvgIpc) is 2.37. The van der Waals surface area contributed by atoms with Crippen molar-refractivity contribution in [1.29, 1.82) is 0 Å². The fourth-order valence-electron chi connectivity index (χ4n) is 2.06. The Bertz CT molecular complexity index is 504. The molecule has 1 N–H and O–H groups in total. The second kappa shape index (κ2) is 6.35. The molecule has 2 rings (SSSR count). The Balaban J connectivity index is 2.16. The van der Waals surface area contributed by atoms with Crippen LogP contribution in [-0.4, -0.2) is 35.2 Å². The van der Waals surface area contributed by atoms with Crippen LogP contribution < -0.4 is 4.90 Å². The second-order valence-electron chi connectivity index (χ2n) is 4.50. The standard InChI is InChI=1S/C14H16ClNO2S/c1-10-9-16(6-7-19-10)12-4-2-11(13(15)8-12)3-5-14(17)18/h2-5,8,10H,6-7,9H2,1H3,(H,17,18)/b5-3+. The van der Waals surface area contributed by atoms with Crippen molar-refractivity contribution in [1.82, 2.24) is 0 Å². The normalized spacial score (nSPS) is 19.9. The molecule has 102 valence electrons. The Kier molecular flexibility index (Phi) is 4.77. The number of aliphatic carboxylic acids is 1. The van der Waals surface area contributed by atoms with Gasteiger partial charge in [-0.1, -0.05) is 24.6 Å². The van der Waals surface area contributed by atoms with Crippen LogP contribution >= 0.6 is 23.4 Å². The largest absolute Gasteiger partial charge is 0.478 e. The number of carbonyl (C=O) groups is 1. The molecule has 0 radical (unpaired) electrons. The maximum Gasteiger partial charge on any atom is 0.328 e. The first-order valence-corrected chi connectivity index (χ1v) is 7.56. The van der Waals surface area contributed by atoms with E-state index in [1.54, 1.807) is 0 Å². The third-order valence-electron chi connectivity index (χ3n) is 3.00. The summed E-state index contributed by atoms with van der Waals surface area (Å²) in [6.07, 6.45) is 2.61. The first-order chi connectivity index (χ1) is 9.06. The van der Waals surface area contributed by atoms with Gasteiger partial charge in [0.15, 0.2) is 0 Å². The molecular weight excluding hydrogens is 282 g/mol. The fraction of sp³-hybridized carbons (Fsp3) is 0.357. The van der Waals surface area contributed by atoms with Gasteiger partial charge in [0.1, 0.15) is 0 Å². The molecule has 0 aromatic heterocycles. The molecule has 1 heterocycles. The minimum atomic E-state index is -0.970. The lowest BCUT2D eigenvalue weighted by Crippen LogP contribution is -2.36. The molecule has 1 fully saturated rings. The molecule has 1 aliphatic heterocycles. The molecule has 0 saturated carbocycles. The van der Waals surface area contributed by atoms with Crippen molar-refractivity contribution >= 4 is 41.1 Å². The van der Waals surface area contributed by atoms with Crippen LogP contribution in [0.25, 0.3) is 6.08 Å². The molecule has 0 spiro atoms. The van der Waals surface area contributed by atoms with E-state index in [1.807, 2.05) is 30.0 Å². The summed E-state index contributed by atoms with van der Waals surface area (Å²) in [6.45, 7) is 4.27. The second-order valence-corrected chi connectivity index (χ2v) is 6.46. The number of anilines is 1. The highest BCUT2D eigenvalue weighted by molar-refractivity contribution is 8.00. The molecule has 1 aliphatic rings. The van der Waals surface area contributed by atoms with Crippen LogP contribution in [0.1, 0.15) is 12.5 Å². The van der Waals surface area contributed by atoms with E-state index in [-0.39, 0.29) is 0 Å². The molecule has 1 aromatic rings. The van der Waals surface area contributed by atoms with Crippen molar-refractivity contribution in [2.75, 3.05) is 23.7 Å². The SMILES string of the molecule is CC1CN(c2ccc(/C=C/C(=O)O)c(Cl)c2)CCS1. The fourth-order valence-corrected chi connectivity index (χ4v) is 3.31. The number of benzene rings is 1. The molecule has 19 heavy (non-hydrogen) atoms. The molecule has 1 saturated heterocycles. The molecule has 1 atom stereocenters. The predicted molar refractivity (Wildman–Crippen MR) is 82.3 cm³/mol. The average molecular weight is 298 g/mol. The Morgan fingerprint density at radius 1 is 1.58 bits per heavy atom. The van der Waals surface area contributed by atoms with E-state index in [9.17, 15) is 4.79 Å². The van der Waals surface area contributed by atoms with E-state index in [4.69, 9.17) is 16.7 Å². The monoisotopic (exact) mass is 297 g/mol. The van der Waals surface area contributed by atoms with Gasteiger partial charge in [-0.25, -0.2) is 4.79 Å². The molecule has 5 heteroatoms. The first kappa shape index (κ1) is 14.3. The van der Waals surface area contributed by atoms with Crippen molar-refractivity contribution in [2.24, 2.45) is 0 Å². The summed E-state index contributed by atoms with van der Waals surface area (Å²) < 4.78 is 0. The van der Waals surface area contributed by atoms with Crippen LogP contribution in [0, 0.1) is 0 Å². The molecular formula is C14H16ClNO2S. The Morgan fingerprint density at radius 2 is 2.37 bits per heavy atom. The Labute approximate surface area is 122 Å². The Hall–Kier alpha value is -1.13. The van der Waals surface area contributed by atoms with E-state index in [0.717, 1.165) is 36.2 Å². The number of halogens is 1. The van der Waals surface area contributed by atoms with Gasteiger partial charge in [0.2, 0.25) is 0 Å². The lowest BCUT2D eigenvalue weighted by Gasteiger charge is -2.32. The third kappa shape index (κ3) is 3.91. The predicted octanol–water partition coefficient (Wildman–Crippen LogP) is 3.38. The number of thioether (sulfide) groups is 1. The van der Waals surface area contributed by atoms with Gasteiger partial charge in [0.05, 0.1) is 0 Å². The zero-order valence-corrected chi connectivity index (χ0v) is 12.2. The lowest BCUT2D eigenvalue weighted by atomic mass is 10.1. The van der Waals surface area contributed by atoms with Crippen LogP contribution in [0.15, 0.2) is 24.3 Å². The quantitative estimate of drug-likeness (QED) is 0.868. The number of rotatable bonds is 3. The van der Waals surface area contributed by atoms with Crippen molar-refractivity contribution in [3.63, 3.8) is 0 Å². The van der Waals surface area contributed by atoms with Gasteiger partial charge in [-0.3, -0.25) is 0 Å². The number of carboxylic acid groups (broad SMARTS) is 1. The minimum Gasteiger partial charge on any atom is -0.478 e. The number of hydrogen-bond acceptors (Lipinski definition) is 3. The summed E-state index contributed by atoms with van der Waals surface area (Å²) in [5, 5.41) is 9.82. The first-order valence-electron chi connectivity index (χ1n) is 6.13. The van der Waals surface area contributed by atoms with Crippen molar-refractivity contribution < 1.29 is 9.90 Å². The van der Waals surface area contributed by atoms with E-state index in [0.29, 0.717) is 10.3 Å². The number of hydrogen-bond donors (Lipinski definition) is 1. The summed E-state index contributed by atoms with van der Waals surface area (Å²) >= 11 is 8.18. The topological polar surface area (TPSA) is 40.5 Å². The highest BCUT2D eigenvalue weighted by Crippen LogP contribution is 2.28. The van der Waals surface area contributed by atoms with E-state index >= 15 is 0 Å². The van der Waals surface area contributed by atoms with Gasteiger partial charge >= 0.3 is 5.97 Å². The van der Waals surface area contributed by atoms with Crippen molar-refractivity contribution in [3.05, 3.63) is 34.9 Å². The minimum absolute atomic E-state index is 0.584. The molecule has 0 bridgehead atoms. The highest BCUT2D eigenvalue weighted by Gasteiger charge is 2.17. The number of nitrogens with zero attached hydrogens (tertiary/aromatic N) is 1. The van der Waals surface area contributed by atoms with Gasteiger partial charge in [-0.2, -0.15) is 11.8 Å². The maximum atomic E-state index is 10.5. The summed E-state index contributed by atoms with van der Waals surface area (Å²) in [6, 6.07) is 5.77. The smallest absolute Gasteiger partial charge is 0.328 e. The summed E-state index contributed by atoms with van der Waals surface area (Å²) in [5.41, 5.74) is 1.83. The summed E-state index contributed by atoms with van der Waals surface area (Å²) in [4.78, 5) is 12.8. The van der Waals surface area contributed by atoms with Crippen molar-refractivity contribution in [3.8, 4) is 0 Å². The highest BCUT2D eigenvalue weighted by atomic mass is 35.5. The molecule has 1 unspecified atom stereocenters. The molecule has 0 amide bonds. The molecule has 0 aliphatic carbocycles. The third-order valence-corrected chi connectivity index (χ3v) is 4.46. The van der Waals surface area contributed by atoms with Crippen LogP contribution in [0.4, 0.5) is 5.69 Å². The zero-order valence-electron chi connectivity index (χ0n) is 10.7. The number of carboxylic acids is 1. The maximum absolute atomic E-state index is 10.5. The lowest BCUT2D eigenvalue weighted by molar-refractivity contribution is -0.131. The van der Waals surface area contributed by atoms with Crippen LogP contribution in [0.5, 0.6) is 0 Å². The van der Waals surface area contributed by atoms with Gasteiger partial charge < -0.3 is 10.0 Å². The van der Waals surface area contributed by atoms with E-state index in [1.165, 1.54) is 6.08 Å².